The van der Waals surface area contributed by atoms with Crippen LogP contribution in [0.1, 0.15) is 40.5 Å². The fourth-order valence-electron chi connectivity index (χ4n) is 2.45. The minimum atomic E-state index is -0.288. The molecule has 4 nitrogen and oxygen atoms in total. The molecule has 0 aromatic carbocycles. The number of nitrogens with two attached hydrogens (primary N) is 1. The molecule has 1 rings (SSSR count). The lowest BCUT2D eigenvalue weighted by Gasteiger charge is -2.43. The van der Waals surface area contributed by atoms with Gasteiger partial charge in [-0.05, 0) is 20.3 Å². The van der Waals surface area contributed by atoms with Crippen molar-refractivity contribution in [3.8, 4) is 0 Å². The second-order valence-corrected chi connectivity index (χ2v) is 5.64. The minimum Gasteiger partial charge on any atom is -0.367 e. The molecule has 2 N–H and O–H groups in total. The molecule has 1 amide bonds. The fraction of sp³-hybridized carbons (Fsp3) is 0.923. The first-order valence-electron chi connectivity index (χ1n) is 6.56. The van der Waals surface area contributed by atoms with Crippen molar-refractivity contribution in [1.82, 2.24) is 4.90 Å². The van der Waals surface area contributed by atoms with E-state index < -0.39 is 0 Å². The van der Waals surface area contributed by atoms with Gasteiger partial charge in [0.2, 0.25) is 5.91 Å². The number of ether oxygens (including phenoxy) is 1. The Labute approximate surface area is 104 Å². The molecule has 0 aliphatic carbocycles. The van der Waals surface area contributed by atoms with Crippen molar-refractivity contribution >= 4 is 5.91 Å². The summed E-state index contributed by atoms with van der Waals surface area (Å²) in [6.45, 7) is 9.90. The molecule has 17 heavy (non-hydrogen) atoms. The summed E-state index contributed by atoms with van der Waals surface area (Å²) >= 11 is 0. The van der Waals surface area contributed by atoms with E-state index in [1.807, 2.05) is 25.7 Å². The van der Waals surface area contributed by atoms with E-state index >= 15 is 0 Å². The van der Waals surface area contributed by atoms with E-state index in [1.54, 1.807) is 0 Å². The Morgan fingerprint density at radius 1 is 1.59 bits per heavy atom. The largest absolute Gasteiger partial charge is 0.367 e. The number of amides is 1. The first kappa shape index (κ1) is 14.5. The van der Waals surface area contributed by atoms with Gasteiger partial charge >= 0.3 is 0 Å². The molecule has 0 saturated carbocycles. The van der Waals surface area contributed by atoms with Crippen molar-refractivity contribution in [2.24, 2.45) is 11.7 Å². The Kier molecular flexibility index (Phi) is 4.95. The highest BCUT2D eigenvalue weighted by molar-refractivity contribution is 5.78. The molecule has 2 atom stereocenters. The van der Waals surface area contributed by atoms with Crippen LogP contribution in [0.25, 0.3) is 0 Å². The SMILES string of the molecule is CCCC(C)C(=O)N1CC(CN)OC(C)(C)C1. The summed E-state index contributed by atoms with van der Waals surface area (Å²) in [5, 5.41) is 0. The highest BCUT2D eigenvalue weighted by Gasteiger charge is 2.35. The molecule has 1 saturated heterocycles. The number of carbonyl (C=O) groups excluding carboxylic acids is 1. The quantitative estimate of drug-likeness (QED) is 0.810. The first-order chi connectivity index (χ1) is 7.89. The van der Waals surface area contributed by atoms with E-state index in [9.17, 15) is 4.79 Å². The summed E-state index contributed by atoms with van der Waals surface area (Å²) in [5.41, 5.74) is 5.37. The topological polar surface area (TPSA) is 55.6 Å². The lowest BCUT2D eigenvalue weighted by Crippen LogP contribution is -2.57. The summed E-state index contributed by atoms with van der Waals surface area (Å²) < 4.78 is 5.82. The van der Waals surface area contributed by atoms with E-state index in [1.165, 1.54) is 0 Å². The molecule has 0 radical (unpaired) electrons. The number of nitrogens with zero attached hydrogens (tertiary/aromatic N) is 1. The van der Waals surface area contributed by atoms with Crippen molar-refractivity contribution in [2.45, 2.75) is 52.2 Å². The van der Waals surface area contributed by atoms with Crippen molar-refractivity contribution in [2.75, 3.05) is 19.6 Å². The molecule has 0 aromatic rings. The zero-order chi connectivity index (χ0) is 13.1. The van der Waals surface area contributed by atoms with E-state index in [-0.39, 0.29) is 23.5 Å². The summed E-state index contributed by atoms with van der Waals surface area (Å²) in [4.78, 5) is 14.2. The molecule has 4 heteroatoms. The molecule has 1 aliphatic heterocycles. The molecule has 2 unspecified atom stereocenters. The van der Waals surface area contributed by atoms with Crippen LogP contribution in [0.5, 0.6) is 0 Å². The monoisotopic (exact) mass is 242 g/mol. The molecular weight excluding hydrogens is 216 g/mol. The third kappa shape index (κ3) is 3.96. The van der Waals surface area contributed by atoms with E-state index in [2.05, 4.69) is 6.92 Å². The summed E-state index contributed by atoms with van der Waals surface area (Å²) in [6, 6.07) is 0. The highest BCUT2D eigenvalue weighted by atomic mass is 16.5. The molecule has 1 heterocycles. The normalized spacial score (nSPS) is 25.7. The van der Waals surface area contributed by atoms with Crippen LogP contribution in [-0.4, -0.2) is 42.1 Å². The van der Waals surface area contributed by atoms with Crippen molar-refractivity contribution < 1.29 is 9.53 Å². The maximum Gasteiger partial charge on any atom is 0.225 e. The molecular formula is C13H26N2O2. The van der Waals surface area contributed by atoms with E-state index in [0.717, 1.165) is 12.8 Å². The van der Waals surface area contributed by atoms with Crippen LogP contribution in [0.4, 0.5) is 0 Å². The van der Waals surface area contributed by atoms with Gasteiger partial charge in [0.15, 0.2) is 0 Å². The van der Waals surface area contributed by atoms with Gasteiger partial charge in [0.1, 0.15) is 0 Å². The van der Waals surface area contributed by atoms with Gasteiger partial charge in [0.05, 0.1) is 11.7 Å². The van der Waals surface area contributed by atoms with Gasteiger partial charge < -0.3 is 15.4 Å². The maximum atomic E-state index is 12.3. The molecule has 0 spiro atoms. The first-order valence-corrected chi connectivity index (χ1v) is 6.56. The fourth-order valence-corrected chi connectivity index (χ4v) is 2.45. The zero-order valence-corrected chi connectivity index (χ0v) is 11.5. The second kappa shape index (κ2) is 5.83. The Hall–Kier alpha value is -0.610. The number of hydrogen-bond acceptors (Lipinski definition) is 3. The molecule has 0 bridgehead atoms. The van der Waals surface area contributed by atoms with Crippen LogP contribution < -0.4 is 5.73 Å². The molecule has 100 valence electrons. The van der Waals surface area contributed by atoms with Gasteiger partial charge in [-0.25, -0.2) is 0 Å². The van der Waals surface area contributed by atoms with Crippen molar-refractivity contribution in [3.05, 3.63) is 0 Å². The predicted octanol–water partition coefficient (Wildman–Crippen LogP) is 1.39. The minimum absolute atomic E-state index is 0.0310. The number of rotatable bonds is 4. The Balaban J connectivity index is 2.66. The van der Waals surface area contributed by atoms with Gasteiger partial charge in [0.25, 0.3) is 0 Å². The van der Waals surface area contributed by atoms with E-state index in [0.29, 0.717) is 19.6 Å². The third-order valence-electron chi connectivity index (χ3n) is 3.20. The van der Waals surface area contributed by atoms with Crippen LogP contribution >= 0.6 is 0 Å². The second-order valence-electron chi connectivity index (χ2n) is 5.64. The molecule has 1 fully saturated rings. The van der Waals surface area contributed by atoms with Crippen molar-refractivity contribution in [3.63, 3.8) is 0 Å². The van der Waals surface area contributed by atoms with Gasteiger partial charge in [-0.15, -0.1) is 0 Å². The van der Waals surface area contributed by atoms with Crippen LogP contribution in [0.2, 0.25) is 0 Å². The van der Waals surface area contributed by atoms with Gasteiger partial charge in [0, 0.05) is 25.6 Å². The van der Waals surface area contributed by atoms with Crippen LogP contribution in [0.3, 0.4) is 0 Å². The predicted molar refractivity (Wildman–Crippen MR) is 68.7 cm³/mol. The average Bonchev–Trinajstić information content (AvgIpc) is 2.26. The zero-order valence-electron chi connectivity index (χ0n) is 11.5. The number of hydrogen-bond donors (Lipinski definition) is 1. The standard InChI is InChI=1S/C13H26N2O2/c1-5-6-10(2)12(16)15-8-11(7-14)17-13(3,4)9-15/h10-11H,5-9,14H2,1-4H3. The van der Waals surface area contributed by atoms with Gasteiger partial charge in [-0.3, -0.25) is 4.79 Å². The van der Waals surface area contributed by atoms with Crippen LogP contribution in [0.15, 0.2) is 0 Å². The molecule has 1 aliphatic rings. The number of carbonyl (C=O) groups is 1. The lowest BCUT2D eigenvalue weighted by molar-refractivity contribution is -0.162. The highest BCUT2D eigenvalue weighted by Crippen LogP contribution is 2.22. The maximum absolute atomic E-state index is 12.3. The number of morpholine rings is 1. The lowest BCUT2D eigenvalue weighted by atomic mass is 10.0. The summed E-state index contributed by atoms with van der Waals surface area (Å²) in [7, 11) is 0. The van der Waals surface area contributed by atoms with Crippen LogP contribution in [0, 0.1) is 5.92 Å². The third-order valence-corrected chi connectivity index (χ3v) is 3.20. The van der Waals surface area contributed by atoms with Crippen molar-refractivity contribution in [1.29, 1.82) is 0 Å². The Morgan fingerprint density at radius 2 is 2.24 bits per heavy atom. The van der Waals surface area contributed by atoms with E-state index in [4.69, 9.17) is 10.5 Å². The van der Waals surface area contributed by atoms with Crippen LogP contribution in [-0.2, 0) is 9.53 Å². The molecule has 0 aromatic heterocycles. The smallest absolute Gasteiger partial charge is 0.225 e. The average molecular weight is 242 g/mol. The summed E-state index contributed by atoms with van der Waals surface area (Å²) in [5.74, 6) is 0.342. The Morgan fingerprint density at radius 3 is 2.76 bits per heavy atom. The Bertz CT molecular complexity index is 266. The van der Waals surface area contributed by atoms with Gasteiger partial charge in [-0.2, -0.15) is 0 Å². The summed E-state index contributed by atoms with van der Waals surface area (Å²) in [6.07, 6.45) is 1.96. The van der Waals surface area contributed by atoms with Gasteiger partial charge in [-0.1, -0.05) is 20.3 Å².